The number of nitrogens with one attached hydrogen (secondary N) is 2. The van der Waals surface area contributed by atoms with Crippen LogP contribution < -0.4 is 16.4 Å². The first-order chi connectivity index (χ1) is 11.7. The van der Waals surface area contributed by atoms with E-state index >= 15 is 0 Å². The molecule has 0 aromatic heterocycles. The summed E-state index contributed by atoms with van der Waals surface area (Å²) in [7, 11) is 0. The molecule has 3 atom stereocenters. The maximum absolute atomic E-state index is 12.6. The molecule has 0 radical (unpaired) electrons. The second kappa shape index (κ2) is 10.0. The SMILES string of the molecule is CCC(C)[C@H](NCC(N)CS)C(=O)NCc1ccc(C(F)(F)F)cc1. The van der Waals surface area contributed by atoms with Gasteiger partial charge in [-0.25, -0.2) is 0 Å². The summed E-state index contributed by atoms with van der Waals surface area (Å²) in [4.78, 5) is 12.4. The highest BCUT2D eigenvalue weighted by molar-refractivity contribution is 7.80. The lowest BCUT2D eigenvalue weighted by Crippen LogP contribution is -2.51. The molecule has 0 aliphatic carbocycles. The van der Waals surface area contributed by atoms with E-state index in [4.69, 9.17) is 5.73 Å². The lowest BCUT2D eigenvalue weighted by atomic mass is 9.98. The Balaban J connectivity index is 2.64. The Morgan fingerprint density at radius 3 is 2.36 bits per heavy atom. The number of hydrogen-bond donors (Lipinski definition) is 4. The highest BCUT2D eigenvalue weighted by Gasteiger charge is 2.30. The molecule has 1 amide bonds. The molecular weight excluding hydrogens is 351 g/mol. The number of alkyl halides is 3. The van der Waals surface area contributed by atoms with Crippen LogP contribution in [0.4, 0.5) is 13.2 Å². The van der Waals surface area contributed by atoms with Crippen molar-refractivity contribution in [3.8, 4) is 0 Å². The van der Waals surface area contributed by atoms with E-state index in [1.54, 1.807) is 0 Å². The summed E-state index contributed by atoms with van der Waals surface area (Å²) in [6.07, 6.45) is -3.55. The van der Waals surface area contributed by atoms with Gasteiger partial charge in [0.15, 0.2) is 0 Å². The van der Waals surface area contributed by atoms with Crippen LogP contribution in [0.2, 0.25) is 0 Å². The Bertz CT molecular complexity index is 537. The van der Waals surface area contributed by atoms with Gasteiger partial charge in [0.05, 0.1) is 11.6 Å². The first-order valence-corrected chi connectivity index (χ1v) is 8.86. The van der Waals surface area contributed by atoms with E-state index < -0.39 is 17.8 Å². The van der Waals surface area contributed by atoms with E-state index in [0.29, 0.717) is 17.9 Å². The van der Waals surface area contributed by atoms with Crippen molar-refractivity contribution in [2.75, 3.05) is 12.3 Å². The summed E-state index contributed by atoms with van der Waals surface area (Å²) in [5.41, 5.74) is 5.72. The van der Waals surface area contributed by atoms with Crippen molar-refractivity contribution in [2.24, 2.45) is 11.7 Å². The molecule has 1 rings (SSSR count). The smallest absolute Gasteiger partial charge is 0.351 e. The zero-order chi connectivity index (χ0) is 19.0. The van der Waals surface area contributed by atoms with Crippen molar-refractivity contribution in [1.29, 1.82) is 0 Å². The molecule has 4 N–H and O–H groups in total. The fourth-order valence-electron chi connectivity index (χ4n) is 2.24. The number of halogens is 3. The molecule has 0 saturated heterocycles. The van der Waals surface area contributed by atoms with E-state index in [1.165, 1.54) is 12.1 Å². The second-order valence-corrected chi connectivity index (χ2v) is 6.49. The predicted molar refractivity (Wildman–Crippen MR) is 96.4 cm³/mol. The van der Waals surface area contributed by atoms with Crippen LogP contribution in [0.5, 0.6) is 0 Å². The van der Waals surface area contributed by atoms with Gasteiger partial charge in [0, 0.05) is 24.9 Å². The third-order valence-corrected chi connectivity index (χ3v) is 4.55. The molecule has 0 bridgehead atoms. The topological polar surface area (TPSA) is 67.1 Å². The van der Waals surface area contributed by atoms with Crippen LogP contribution in [0, 0.1) is 5.92 Å². The van der Waals surface area contributed by atoms with Gasteiger partial charge in [0.1, 0.15) is 0 Å². The van der Waals surface area contributed by atoms with Crippen LogP contribution >= 0.6 is 12.6 Å². The van der Waals surface area contributed by atoms with Gasteiger partial charge in [-0.2, -0.15) is 25.8 Å². The van der Waals surface area contributed by atoms with Gasteiger partial charge < -0.3 is 16.4 Å². The normalized spacial score (nSPS) is 15.5. The lowest BCUT2D eigenvalue weighted by Gasteiger charge is -2.25. The third kappa shape index (κ3) is 7.25. The summed E-state index contributed by atoms with van der Waals surface area (Å²) in [6, 6.07) is 4.19. The van der Waals surface area contributed by atoms with Crippen LogP contribution in [-0.4, -0.2) is 30.3 Å². The number of rotatable bonds is 9. The van der Waals surface area contributed by atoms with Crippen molar-refractivity contribution in [3.05, 3.63) is 35.4 Å². The second-order valence-electron chi connectivity index (χ2n) is 6.13. The number of nitrogens with two attached hydrogens (primary N) is 1. The average molecular weight is 377 g/mol. The molecule has 142 valence electrons. The molecule has 0 aliphatic heterocycles. The van der Waals surface area contributed by atoms with Crippen molar-refractivity contribution < 1.29 is 18.0 Å². The molecule has 0 aliphatic rings. The summed E-state index contributed by atoms with van der Waals surface area (Å²) in [5.74, 6) is 0.410. The lowest BCUT2D eigenvalue weighted by molar-refractivity contribution is -0.137. The number of benzene rings is 1. The molecule has 0 spiro atoms. The number of amides is 1. The molecule has 0 heterocycles. The molecular formula is C17H26F3N3OS. The summed E-state index contributed by atoms with van der Waals surface area (Å²) in [6.45, 7) is 4.58. The minimum Gasteiger partial charge on any atom is -0.351 e. The highest BCUT2D eigenvalue weighted by atomic mass is 32.1. The van der Waals surface area contributed by atoms with E-state index in [2.05, 4.69) is 23.3 Å². The van der Waals surface area contributed by atoms with Gasteiger partial charge in [0.2, 0.25) is 5.91 Å². The van der Waals surface area contributed by atoms with Crippen LogP contribution in [0.3, 0.4) is 0 Å². The first kappa shape index (κ1) is 21.8. The van der Waals surface area contributed by atoms with Gasteiger partial charge in [0.25, 0.3) is 0 Å². The van der Waals surface area contributed by atoms with Crippen LogP contribution in [0.25, 0.3) is 0 Å². The average Bonchev–Trinajstić information content (AvgIpc) is 2.59. The monoisotopic (exact) mass is 377 g/mol. The third-order valence-electron chi connectivity index (χ3n) is 4.08. The summed E-state index contributed by atoms with van der Waals surface area (Å²) in [5, 5.41) is 5.92. The molecule has 4 nitrogen and oxygen atoms in total. The Kier molecular flexibility index (Phi) is 8.75. The zero-order valence-corrected chi connectivity index (χ0v) is 15.3. The van der Waals surface area contributed by atoms with Gasteiger partial charge in [-0.1, -0.05) is 32.4 Å². The van der Waals surface area contributed by atoms with Gasteiger partial charge >= 0.3 is 6.18 Å². The minimum atomic E-state index is -4.36. The Labute approximate surface area is 152 Å². The molecule has 0 saturated carbocycles. The molecule has 2 unspecified atom stereocenters. The quantitative estimate of drug-likeness (QED) is 0.500. The predicted octanol–water partition coefficient (Wildman–Crippen LogP) is 2.58. The molecule has 1 aromatic rings. The molecule has 1 aromatic carbocycles. The van der Waals surface area contributed by atoms with Crippen LogP contribution in [0.15, 0.2) is 24.3 Å². The van der Waals surface area contributed by atoms with Gasteiger partial charge in [-0.05, 0) is 23.6 Å². The molecule has 8 heteroatoms. The van der Waals surface area contributed by atoms with E-state index in [0.717, 1.165) is 18.6 Å². The Morgan fingerprint density at radius 2 is 1.88 bits per heavy atom. The van der Waals surface area contributed by atoms with Crippen molar-refractivity contribution in [3.63, 3.8) is 0 Å². The maximum atomic E-state index is 12.6. The molecule has 0 fully saturated rings. The minimum absolute atomic E-state index is 0.0970. The van der Waals surface area contributed by atoms with Crippen LogP contribution in [0.1, 0.15) is 31.4 Å². The first-order valence-electron chi connectivity index (χ1n) is 8.22. The number of carbonyl (C=O) groups is 1. The Morgan fingerprint density at radius 1 is 1.28 bits per heavy atom. The number of carbonyl (C=O) groups excluding carboxylic acids is 1. The number of hydrogen-bond acceptors (Lipinski definition) is 4. The molecule has 25 heavy (non-hydrogen) atoms. The van der Waals surface area contributed by atoms with Crippen LogP contribution in [-0.2, 0) is 17.5 Å². The summed E-state index contributed by atoms with van der Waals surface area (Å²) < 4.78 is 37.7. The van der Waals surface area contributed by atoms with Crippen molar-refractivity contribution in [1.82, 2.24) is 10.6 Å². The van der Waals surface area contributed by atoms with Gasteiger partial charge in [-0.3, -0.25) is 4.79 Å². The highest BCUT2D eigenvalue weighted by Crippen LogP contribution is 2.29. The van der Waals surface area contributed by atoms with E-state index in [9.17, 15) is 18.0 Å². The largest absolute Gasteiger partial charge is 0.416 e. The zero-order valence-electron chi connectivity index (χ0n) is 14.4. The maximum Gasteiger partial charge on any atom is 0.416 e. The number of thiol groups is 1. The van der Waals surface area contributed by atoms with E-state index in [1.807, 2.05) is 13.8 Å². The van der Waals surface area contributed by atoms with Gasteiger partial charge in [-0.15, -0.1) is 0 Å². The summed E-state index contributed by atoms with van der Waals surface area (Å²) >= 11 is 4.12. The Hall–Kier alpha value is -1.25. The van der Waals surface area contributed by atoms with Crippen molar-refractivity contribution in [2.45, 2.75) is 45.1 Å². The van der Waals surface area contributed by atoms with Crippen molar-refractivity contribution >= 4 is 18.5 Å². The fraction of sp³-hybridized carbons (Fsp3) is 0.588. The standard InChI is InChI=1S/C17H26F3N3OS/c1-3-11(2)15(22-9-14(21)10-25)16(24)23-8-12-4-6-13(7-5-12)17(18,19)20/h4-7,11,14-15,22,25H,3,8-10,21H2,1-2H3,(H,23,24)/t11?,14?,15-/m0/s1. The fourth-order valence-corrected chi connectivity index (χ4v) is 2.37. The van der Waals surface area contributed by atoms with E-state index in [-0.39, 0.29) is 24.4 Å².